The largest absolute Gasteiger partial charge is 0.506 e. The molecule has 0 aliphatic carbocycles. The summed E-state index contributed by atoms with van der Waals surface area (Å²) in [5, 5.41) is 17.9. The van der Waals surface area contributed by atoms with E-state index < -0.39 is 0 Å². The number of aliphatic hydroxyl groups excluding tert-OH is 1. The second-order valence-electron chi connectivity index (χ2n) is 3.27. The second-order valence-corrected chi connectivity index (χ2v) is 3.68. The number of aliphatic hydroxyl groups is 1. The Morgan fingerprint density at radius 1 is 1.33 bits per heavy atom. The van der Waals surface area contributed by atoms with Gasteiger partial charge >= 0.3 is 0 Å². The molecule has 0 aliphatic rings. The second kappa shape index (κ2) is 5.73. The predicted octanol–water partition coefficient (Wildman–Crippen LogP) is 2.39. The van der Waals surface area contributed by atoms with Crippen LogP contribution >= 0.6 is 11.6 Å². The fourth-order valence-electron chi connectivity index (χ4n) is 1.22. The van der Waals surface area contributed by atoms with Gasteiger partial charge in [-0.3, -0.25) is 4.79 Å². The lowest BCUT2D eigenvalue weighted by molar-refractivity contribution is 0.0977. The number of carbonyl (C=O) groups excluding carboxylic acids is 1. The van der Waals surface area contributed by atoms with Crippen LogP contribution in [0.5, 0.6) is 5.75 Å². The summed E-state index contributed by atoms with van der Waals surface area (Å²) in [6, 6.07) is 4.41. The first-order chi connectivity index (χ1) is 7.15. The number of carbonyl (C=O) groups is 1. The normalized spacial score (nSPS) is 10.3. The molecule has 0 saturated carbocycles. The van der Waals surface area contributed by atoms with Crippen molar-refractivity contribution in [1.29, 1.82) is 0 Å². The number of benzene rings is 1. The first kappa shape index (κ1) is 12.0. The molecule has 0 spiro atoms. The van der Waals surface area contributed by atoms with E-state index in [1.54, 1.807) is 6.07 Å². The lowest BCUT2D eigenvalue weighted by atomic mass is 10.1. The topological polar surface area (TPSA) is 57.5 Å². The molecule has 0 atom stereocenters. The SMILES string of the molecule is O=C(CCCCO)c1ccc(O)c(Cl)c1. The number of hydrogen-bond acceptors (Lipinski definition) is 3. The van der Waals surface area contributed by atoms with E-state index in [9.17, 15) is 4.79 Å². The zero-order chi connectivity index (χ0) is 11.3. The van der Waals surface area contributed by atoms with Crippen LogP contribution in [0.15, 0.2) is 18.2 Å². The van der Waals surface area contributed by atoms with Crippen LogP contribution in [0.4, 0.5) is 0 Å². The van der Waals surface area contributed by atoms with Crippen LogP contribution in [0.25, 0.3) is 0 Å². The van der Waals surface area contributed by atoms with Crippen LogP contribution in [0.1, 0.15) is 29.6 Å². The summed E-state index contributed by atoms with van der Waals surface area (Å²) in [7, 11) is 0. The van der Waals surface area contributed by atoms with E-state index in [-0.39, 0.29) is 23.2 Å². The maximum Gasteiger partial charge on any atom is 0.162 e. The number of phenols is 1. The number of aromatic hydroxyl groups is 1. The van der Waals surface area contributed by atoms with Crippen LogP contribution in [0.3, 0.4) is 0 Å². The van der Waals surface area contributed by atoms with Gasteiger partial charge in [0.05, 0.1) is 5.02 Å². The Morgan fingerprint density at radius 2 is 2.07 bits per heavy atom. The van der Waals surface area contributed by atoms with Crippen molar-refractivity contribution in [3.05, 3.63) is 28.8 Å². The molecule has 0 aromatic heterocycles. The molecule has 0 radical (unpaired) electrons. The number of ketones is 1. The molecule has 0 saturated heterocycles. The summed E-state index contributed by atoms with van der Waals surface area (Å²) in [5.41, 5.74) is 0.496. The van der Waals surface area contributed by atoms with E-state index >= 15 is 0 Å². The highest BCUT2D eigenvalue weighted by atomic mass is 35.5. The van der Waals surface area contributed by atoms with E-state index in [0.29, 0.717) is 24.8 Å². The minimum atomic E-state index is -0.0245. The van der Waals surface area contributed by atoms with Crippen molar-refractivity contribution >= 4 is 17.4 Å². The molecule has 1 aromatic rings. The van der Waals surface area contributed by atoms with Gasteiger partial charge in [0, 0.05) is 18.6 Å². The van der Waals surface area contributed by atoms with E-state index in [0.717, 1.165) is 0 Å². The maximum absolute atomic E-state index is 11.6. The summed E-state index contributed by atoms with van der Waals surface area (Å²) >= 11 is 5.68. The highest BCUT2D eigenvalue weighted by Crippen LogP contribution is 2.24. The minimum absolute atomic E-state index is 0.0228. The monoisotopic (exact) mass is 228 g/mol. The van der Waals surface area contributed by atoms with Crippen molar-refractivity contribution in [2.24, 2.45) is 0 Å². The van der Waals surface area contributed by atoms with Crippen LogP contribution in [-0.2, 0) is 0 Å². The predicted molar refractivity (Wildman–Crippen MR) is 58.4 cm³/mol. The fraction of sp³-hybridized carbons (Fsp3) is 0.364. The Labute approximate surface area is 93.3 Å². The van der Waals surface area contributed by atoms with Crippen molar-refractivity contribution in [2.75, 3.05) is 6.61 Å². The van der Waals surface area contributed by atoms with Gasteiger partial charge in [-0.05, 0) is 31.0 Å². The van der Waals surface area contributed by atoms with E-state index in [1.165, 1.54) is 12.1 Å². The Hall–Kier alpha value is -1.06. The van der Waals surface area contributed by atoms with Gasteiger partial charge in [-0.2, -0.15) is 0 Å². The highest BCUT2D eigenvalue weighted by molar-refractivity contribution is 6.32. The van der Waals surface area contributed by atoms with Crippen molar-refractivity contribution in [2.45, 2.75) is 19.3 Å². The third kappa shape index (κ3) is 3.53. The van der Waals surface area contributed by atoms with Crippen molar-refractivity contribution in [3.8, 4) is 5.75 Å². The number of halogens is 1. The van der Waals surface area contributed by atoms with Gasteiger partial charge < -0.3 is 10.2 Å². The Bertz CT molecular complexity index is 350. The lowest BCUT2D eigenvalue weighted by Crippen LogP contribution is -1.99. The van der Waals surface area contributed by atoms with Gasteiger partial charge in [0.15, 0.2) is 5.78 Å². The molecule has 4 heteroatoms. The fourth-order valence-corrected chi connectivity index (χ4v) is 1.40. The molecule has 0 amide bonds. The first-order valence-electron chi connectivity index (χ1n) is 4.77. The smallest absolute Gasteiger partial charge is 0.162 e. The van der Waals surface area contributed by atoms with E-state index in [2.05, 4.69) is 0 Å². The molecule has 3 nitrogen and oxygen atoms in total. The summed E-state index contributed by atoms with van der Waals surface area (Å²) in [5.74, 6) is -0.0473. The molecule has 0 heterocycles. The third-order valence-electron chi connectivity index (χ3n) is 2.08. The van der Waals surface area contributed by atoms with Gasteiger partial charge in [-0.25, -0.2) is 0 Å². The molecular formula is C11H13ClO3. The van der Waals surface area contributed by atoms with Crippen LogP contribution in [0, 0.1) is 0 Å². The first-order valence-corrected chi connectivity index (χ1v) is 5.15. The van der Waals surface area contributed by atoms with Gasteiger partial charge in [-0.15, -0.1) is 0 Å². The molecule has 0 unspecified atom stereocenters. The van der Waals surface area contributed by atoms with Gasteiger partial charge in [-0.1, -0.05) is 11.6 Å². The van der Waals surface area contributed by atoms with Crippen molar-refractivity contribution in [1.82, 2.24) is 0 Å². The molecule has 1 aromatic carbocycles. The van der Waals surface area contributed by atoms with Crippen LogP contribution in [-0.4, -0.2) is 22.6 Å². The van der Waals surface area contributed by atoms with Gasteiger partial charge in [0.25, 0.3) is 0 Å². The molecule has 15 heavy (non-hydrogen) atoms. The maximum atomic E-state index is 11.6. The zero-order valence-electron chi connectivity index (χ0n) is 8.24. The Kier molecular flexibility index (Phi) is 4.59. The number of unbranched alkanes of at least 4 members (excludes halogenated alkanes) is 1. The molecule has 2 N–H and O–H groups in total. The minimum Gasteiger partial charge on any atom is -0.506 e. The molecular weight excluding hydrogens is 216 g/mol. The number of Topliss-reactive ketones (excluding diaryl/α,β-unsaturated/α-hetero) is 1. The molecule has 0 fully saturated rings. The third-order valence-corrected chi connectivity index (χ3v) is 2.38. The number of hydrogen-bond donors (Lipinski definition) is 2. The van der Waals surface area contributed by atoms with Crippen LogP contribution < -0.4 is 0 Å². The van der Waals surface area contributed by atoms with Crippen molar-refractivity contribution in [3.63, 3.8) is 0 Å². The summed E-state index contributed by atoms with van der Waals surface area (Å²) in [6.07, 6.45) is 1.67. The zero-order valence-corrected chi connectivity index (χ0v) is 9.00. The van der Waals surface area contributed by atoms with Gasteiger partial charge in [0.2, 0.25) is 0 Å². The average Bonchev–Trinajstić information content (AvgIpc) is 2.22. The Balaban J connectivity index is 2.62. The quantitative estimate of drug-likeness (QED) is 0.601. The standard InChI is InChI=1S/C11H13ClO3/c12-9-7-8(4-5-11(9)15)10(14)3-1-2-6-13/h4-5,7,13,15H,1-3,6H2. The number of rotatable bonds is 5. The van der Waals surface area contributed by atoms with Crippen molar-refractivity contribution < 1.29 is 15.0 Å². The lowest BCUT2D eigenvalue weighted by Gasteiger charge is -2.02. The molecule has 1 rings (SSSR count). The van der Waals surface area contributed by atoms with Gasteiger partial charge in [0.1, 0.15) is 5.75 Å². The average molecular weight is 229 g/mol. The van der Waals surface area contributed by atoms with E-state index in [1.807, 2.05) is 0 Å². The summed E-state index contributed by atoms with van der Waals surface area (Å²) in [4.78, 5) is 11.6. The molecule has 0 aliphatic heterocycles. The number of phenolic OH excluding ortho intramolecular Hbond substituents is 1. The molecule has 82 valence electrons. The highest BCUT2D eigenvalue weighted by Gasteiger charge is 2.07. The Morgan fingerprint density at radius 3 is 2.67 bits per heavy atom. The summed E-state index contributed by atoms with van der Waals surface area (Å²) < 4.78 is 0. The van der Waals surface area contributed by atoms with Crippen LogP contribution in [0.2, 0.25) is 5.02 Å². The summed E-state index contributed by atoms with van der Waals surface area (Å²) in [6.45, 7) is 0.101. The molecule has 0 bridgehead atoms. The van der Waals surface area contributed by atoms with E-state index in [4.69, 9.17) is 21.8 Å².